The first kappa shape index (κ1) is 13.5. The van der Waals surface area contributed by atoms with E-state index in [1.165, 1.54) is 32.1 Å². The highest BCUT2D eigenvalue weighted by Crippen LogP contribution is 2.23. The van der Waals surface area contributed by atoms with Crippen molar-refractivity contribution in [1.82, 2.24) is 5.32 Å². The van der Waals surface area contributed by atoms with E-state index in [0.717, 1.165) is 0 Å². The second kappa shape index (κ2) is 7.84. The zero-order valence-electron chi connectivity index (χ0n) is 10.1. The topological polar surface area (TPSA) is 29.1 Å². The van der Waals surface area contributed by atoms with Gasteiger partial charge in [-0.3, -0.25) is 4.79 Å². The molecule has 1 aliphatic carbocycles. The minimum atomic E-state index is 0.115. The highest BCUT2D eigenvalue weighted by atomic mass is 16.1. The molecule has 0 unspecified atom stereocenters. The summed E-state index contributed by atoms with van der Waals surface area (Å²) in [6.45, 7) is 8.07. The molecular weight excluding hydrogens is 174 g/mol. The highest BCUT2D eigenvalue weighted by molar-refractivity contribution is 5.73. The van der Waals surface area contributed by atoms with Crippen molar-refractivity contribution in [1.29, 1.82) is 0 Å². The zero-order valence-corrected chi connectivity index (χ0v) is 10.1. The van der Waals surface area contributed by atoms with Gasteiger partial charge in [0, 0.05) is 13.0 Å². The van der Waals surface area contributed by atoms with Crippen LogP contribution in [-0.2, 0) is 4.79 Å². The number of carbonyl (C=O) groups excluding carboxylic acids is 1. The molecule has 84 valence electrons. The molecule has 0 heterocycles. The molecule has 0 saturated heterocycles. The van der Waals surface area contributed by atoms with Crippen LogP contribution in [-0.4, -0.2) is 11.9 Å². The fourth-order valence-corrected chi connectivity index (χ4v) is 1.79. The Morgan fingerprint density at radius 1 is 1.29 bits per heavy atom. The molecule has 0 aliphatic heterocycles. The van der Waals surface area contributed by atoms with Crippen LogP contribution in [0.4, 0.5) is 0 Å². The summed E-state index contributed by atoms with van der Waals surface area (Å²) in [5.41, 5.74) is 0. The summed E-state index contributed by atoms with van der Waals surface area (Å²) in [4.78, 5) is 10.7. The molecule has 1 fully saturated rings. The van der Waals surface area contributed by atoms with Crippen molar-refractivity contribution in [3.8, 4) is 0 Å². The van der Waals surface area contributed by atoms with Crippen LogP contribution in [0.5, 0.6) is 0 Å². The van der Waals surface area contributed by atoms with Gasteiger partial charge in [0.15, 0.2) is 0 Å². The van der Waals surface area contributed by atoms with Crippen molar-refractivity contribution in [2.45, 2.75) is 65.8 Å². The fourth-order valence-electron chi connectivity index (χ4n) is 1.79. The Bertz CT molecular complexity index is 156. The summed E-state index contributed by atoms with van der Waals surface area (Å²) in [6, 6.07) is 0.446. The van der Waals surface area contributed by atoms with Crippen LogP contribution < -0.4 is 5.32 Å². The minimum absolute atomic E-state index is 0.115. The summed E-state index contributed by atoms with van der Waals surface area (Å²) >= 11 is 0. The molecule has 0 aromatic carbocycles. The number of hydrogen-bond acceptors (Lipinski definition) is 1. The van der Waals surface area contributed by atoms with E-state index in [-0.39, 0.29) is 5.91 Å². The number of hydrogen-bond donors (Lipinski definition) is 1. The Hall–Kier alpha value is -0.530. The van der Waals surface area contributed by atoms with Gasteiger partial charge in [-0.05, 0) is 18.8 Å². The minimum Gasteiger partial charge on any atom is -0.353 e. The first-order valence-corrected chi connectivity index (χ1v) is 5.88. The third-order valence-corrected chi connectivity index (χ3v) is 2.50. The van der Waals surface area contributed by atoms with E-state index in [1.807, 2.05) is 0 Å². The molecule has 0 aromatic rings. The second-order valence-electron chi connectivity index (χ2n) is 4.28. The quantitative estimate of drug-likeness (QED) is 0.690. The van der Waals surface area contributed by atoms with Crippen LogP contribution in [0.25, 0.3) is 0 Å². The van der Waals surface area contributed by atoms with Crippen molar-refractivity contribution in [3.05, 3.63) is 0 Å². The number of amides is 1. The van der Waals surface area contributed by atoms with Crippen molar-refractivity contribution in [2.75, 3.05) is 0 Å². The maximum absolute atomic E-state index is 10.7. The van der Waals surface area contributed by atoms with Crippen molar-refractivity contribution in [2.24, 2.45) is 5.92 Å². The predicted molar refractivity (Wildman–Crippen MR) is 61.2 cm³/mol. The lowest BCUT2D eigenvalue weighted by Gasteiger charge is -2.28. The van der Waals surface area contributed by atoms with Gasteiger partial charge in [0.05, 0.1) is 0 Å². The maximum atomic E-state index is 10.7. The molecule has 2 nitrogen and oxygen atoms in total. The van der Waals surface area contributed by atoms with Crippen LogP contribution in [0.15, 0.2) is 0 Å². The van der Waals surface area contributed by atoms with E-state index < -0.39 is 0 Å². The van der Waals surface area contributed by atoms with Gasteiger partial charge in [-0.1, -0.05) is 40.0 Å². The van der Waals surface area contributed by atoms with Gasteiger partial charge in [0.1, 0.15) is 0 Å². The Labute approximate surface area is 88.5 Å². The molecule has 2 atom stereocenters. The largest absolute Gasteiger partial charge is 0.353 e. The van der Waals surface area contributed by atoms with Crippen LogP contribution in [0.1, 0.15) is 59.8 Å². The molecule has 1 saturated carbocycles. The molecule has 0 spiro atoms. The average Bonchev–Trinajstić information content (AvgIpc) is 2.09. The molecule has 1 rings (SSSR count). The Kier molecular flexibility index (Phi) is 7.54. The third-order valence-electron chi connectivity index (χ3n) is 2.50. The van der Waals surface area contributed by atoms with Crippen molar-refractivity contribution >= 4 is 5.91 Å². The third kappa shape index (κ3) is 6.01. The normalized spacial score (nSPS) is 26.0. The summed E-state index contributed by atoms with van der Waals surface area (Å²) in [5.74, 6) is 0.788. The van der Waals surface area contributed by atoms with E-state index in [0.29, 0.717) is 12.0 Å². The highest BCUT2D eigenvalue weighted by Gasteiger charge is 2.21. The standard InChI is InChI=1S/C9H17NO.C3H8/c1-7-5-3-4-6-9(7)10-8(2)11;1-3-2/h7,9H,3-6H2,1-2H3,(H,10,11);3H2,1-2H3/t7-,9-;/m0./s1. The number of rotatable bonds is 1. The SMILES string of the molecule is CC(=O)N[C@H]1CCCC[C@@H]1C.CCC. The van der Waals surface area contributed by atoms with Crippen LogP contribution in [0.2, 0.25) is 0 Å². The summed E-state index contributed by atoms with van der Waals surface area (Å²) in [5, 5.41) is 2.99. The van der Waals surface area contributed by atoms with Crippen molar-refractivity contribution in [3.63, 3.8) is 0 Å². The van der Waals surface area contributed by atoms with E-state index in [4.69, 9.17) is 0 Å². The summed E-state index contributed by atoms with van der Waals surface area (Å²) < 4.78 is 0. The Morgan fingerprint density at radius 3 is 2.21 bits per heavy atom. The maximum Gasteiger partial charge on any atom is 0.217 e. The molecule has 2 heteroatoms. The predicted octanol–water partition coefficient (Wildman–Crippen LogP) is 3.12. The van der Waals surface area contributed by atoms with Crippen LogP contribution in [0, 0.1) is 5.92 Å². The molecular formula is C12H25NO. The monoisotopic (exact) mass is 199 g/mol. The summed E-state index contributed by atoms with van der Waals surface area (Å²) in [7, 11) is 0. The lowest BCUT2D eigenvalue weighted by molar-refractivity contribution is -0.120. The van der Waals surface area contributed by atoms with Gasteiger partial charge >= 0.3 is 0 Å². The van der Waals surface area contributed by atoms with Crippen LogP contribution >= 0.6 is 0 Å². The Balaban J connectivity index is 0.000000500. The van der Waals surface area contributed by atoms with E-state index >= 15 is 0 Å². The smallest absolute Gasteiger partial charge is 0.217 e. The Morgan fingerprint density at radius 2 is 1.79 bits per heavy atom. The lowest BCUT2D eigenvalue weighted by Crippen LogP contribution is -2.39. The van der Waals surface area contributed by atoms with Gasteiger partial charge in [0.2, 0.25) is 5.91 Å². The zero-order chi connectivity index (χ0) is 11.0. The molecule has 1 aliphatic rings. The first-order valence-electron chi connectivity index (χ1n) is 5.88. The van der Waals surface area contributed by atoms with E-state index in [9.17, 15) is 4.79 Å². The fraction of sp³-hybridized carbons (Fsp3) is 0.917. The average molecular weight is 199 g/mol. The van der Waals surface area contributed by atoms with Gasteiger partial charge in [0.25, 0.3) is 0 Å². The lowest BCUT2D eigenvalue weighted by atomic mass is 9.86. The summed E-state index contributed by atoms with van der Waals surface area (Å²) in [6.07, 6.45) is 6.29. The molecule has 1 amide bonds. The number of carbonyl (C=O) groups is 1. The molecule has 14 heavy (non-hydrogen) atoms. The van der Waals surface area contributed by atoms with Crippen molar-refractivity contribution < 1.29 is 4.79 Å². The molecule has 0 bridgehead atoms. The van der Waals surface area contributed by atoms with Gasteiger partial charge in [-0.15, -0.1) is 0 Å². The first-order chi connectivity index (χ1) is 6.61. The molecule has 0 radical (unpaired) electrons. The van der Waals surface area contributed by atoms with E-state index in [1.54, 1.807) is 6.92 Å². The second-order valence-corrected chi connectivity index (χ2v) is 4.28. The van der Waals surface area contributed by atoms with E-state index in [2.05, 4.69) is 26.1 Å². The van der Waals surface area contributed by atoms with Gasteiger partial charge < -0.3 is 5.32 Å². The molecule has 0 aromatic heterocycles. The van der Waals surface area contributed by atoms with Gasteiger partial charge in [-0.25, -0.2) is 0 Å². The number of nitrogens with one attached hydrogen (secondary N) is 1. The van der Waals surface area contributed by atoms with Gasteiger partial charge in [-0.2, -0.15) is 0 Å². The van der Waals surface area contributed by atoms with Crippen LogP contribution in [0.3, 0.4) is 0 Å². The molecule has 1 N–H and O–H groups in total.